The molecule has 1 aromatic rings. The van der Waals surface area contributed by atoms with Gasteiger partial charge >= 0.3 is 5.97 Å². The van der Waals surface area contributed by atoms with E-state index in [1.165, 1.54) is 0 Å². The Hall–Kier alpha value is -1.14. The molecule has 0 aromatic carbocycles. The molecule has 5 nitrogen and oxygen atoms in total. The van der Waals surface area contributed by atoms with Crippen LogP contribution in [0.1, 0.15) is 55.9 Å². The molecule has 126 valence electrons. The Morgan fingerprint density at radius 3 is 2.36 bits per heavy atom. The molecule has 1 N–H and O–H groups in total. The third-order valence-electron chi connectivity index (χ3n) is 4.67. The van der Waals surface area contributed by atoms with Crippen LogP contribution in [-0.4, -0.2) is 35.8 Å². The smallest absolute Gasteiger partial charge is 0.356 e. The van der Waals surface area contributed by atoms with E-state index in [2.05, 4.69) is 39.0 Å². The van der Waals surface area contributed by atoms with Gasteiger partial charge in [0.1, 0.15) is 0 Å². The lowest BCUT2D eigenvalue weighted by atomic mass is 10.1. The number of aromatic nitrogens is 2. The largest absolute Gasteiger partial charge is 0.476 e. The fourth-order valence-electron chi connectivity index (χ4n) is 2.15. The summed E-state index contributed by atoms with van der Waals surface area (Å²) in [5, 5.41) is 13.7. The Balaban J connectivity index is 2.65. The second kappa shape index (κ2) is 6.96. The fraction of sp³-hybridized carbons (Fsp3) is 0.750. The second-order valence-corrected chi connectivity index (χ2v) is 12.1. The Morgan fingerprint density at radius 1 is 1.36 bits per heavy atom. The summed E-state index contributed by atoms with van der Waals surface area (Å²) in [7, 11) is -1.71. The van der Waals surface area contributed by atoms with Crippen LogP contribution >= 0.6 is 0 Å². The molecule has 0 unspecified atom stereocenters. The van der Waals surface area contributed by atoms with Gasteiger partial charge in [-0.2, -0.15) is 5.10 Å². The van der Waals surface area contributed by atoms with E-state index < -0.39 is 14.3 Å². The molecular formula is C16H30N2O3Si. The molecule has 1 heterocycles. The summed E-state index contributed by atoms with van der Waals surface area (Å²) in [4.78, 5) is 11.2. The molecule has 1 rings (SSSR count). The maximum atomic E-state index is 11.2. The molecule has 0 atom stereocenters. The third-order valence-corrected chi connectivity index (χ3v) is 9.21. The maximum absolute atomic E-state index is 11.2. The molecule has 0 saturated carbocycles. The second-order valence-electron chi connectivity index (χ2n) is 7.26. The summed E-state index contributed by atoms with van der Waals surface area (Å²) in [5.74, 6) is -0.948. The van der Waals surface area contributed by atoms with Gasteiger partial charge in [-0.15, -0.1) is 0 Å². The first-order valence-corrected chi connectivity index (χ1v) is 10.9. The molecule has 0 aliphatic carbocycles. The number of carbonyl (C=O) groups is 1. The first-order chi connectivity index (χ1) is 10.0. The lowest BCUT2D eigenvalue weighted by molar-refractivity contribution is 0.0688. The number of aromatic carboxylic acids is 1. The van der Waals surface area contributed by atoms with Gasteiger partial charge < -0.3 is 9.53 Å². The normalized spacial score (nSPS) is 12.7. The first-order valence-electron chi connectivity index (χ1n) is 7.94. The van der Waals surface area contributed by atoms with Gasteiger partial charge in [0.05, 0.1) is 0 Å². The third kappa shape index (κ3) is 4.20. The van der Waals surface area contributed by atoms with Crippen LogP contribution in [0.25, 0.3) is 0 Å². The van der Waals surface area contributed by atoms with Gasteiger partial charge in [-0.1, -0.05) is 27.7 Å². The van der Waals surface area contributed by atoms with Crippen LogP contribution in [0.5, 0.6) is 0 Å². The predicted molar refractivity (Wildman–Crippen MR) is 91.1 cm³/mol. The van der Waals surface area contributed by atoms with Gasteiger partial charge in [0, 0.05) is 24.4 Å². The van der Waals surface area contributed by atoms with Crippen LogP contribution in [-0.2, 0) is 17.4 Å². The van der Waals surface area contributed by atoms with Gasteiger partial charge in [0.2, 0.25) is 0 Å². The maximum Gasteiger partial charge on any atom is 0.356 e. The highest BCUT2D eigenvalue weighted by atomic mass is 28.4. The molecule has 22 heavy (non-hydrogen) atoms. The zero-order valence-corrected chi connectivity index (χ0v) is 16.0. The van der Waals surface area contributed by atoms with E-state index >= 15 is 0 Å². The molecule has 6 heteroatoms. The standard InChI is InChI=1S/C16H30N2O3Si/c1-8-13-12(2)18(17-14(13)15(19)20)10-9-11-21-22(6,7)16(3,4)5/h8-11H2,1-7H3,(H,19,20). The molecule has 0 amide bonds. The average Bonchev–Trinajstić information content (AvgIpc) is 2.70. The summed E-state index contributed by atoms with van der Waals surface area (Å²) in [6, 6.07) is 0. The SMILES string of the molecule is CCc1c(C(=O)O)nn(CCCO[Si](C)(C)C(C)(C)C)c1C. The minimum atomic E-state index is -1.71. The van der Waals surface area contributed by atoms with Gasteiger partial charge in [0.25, 0.3) is 0 Å². The summed E-state index contributed by atoms with van der Waals surface area (Å²) >= 11 is 0. The Labute approximate surface area is 134 Å². The Kier molecular flexibility index (Phi) is 5.98. The van der Waals surface area contributed by atoms with Crippen molar-refractivity contribution in [2.75, 3.05) is 6.61 Å². The summed E-state index contributed by atoms with van der Waals surface area (Å²) in [5.41, 5.74) is 1.97. The van der Waals surface area contributed by atoms with Crippen LogP contribution in [0.4, 0.5) is 0 Å². The van der Waals surface area contributed by atoms with Gasteiger partial charge in [-0.25, -0.2) is 4.79 Å². The van der Waals surface area contributed by atoms with E-state index in [4.69, 9.17) is 4.43 Å². The van der Waals surface area contributed by atoms with Crippen LogP contribution in [0.2, 0.25) is 18.1 Å². The van der Waals surface area contributed by atoms with Crippen molar-refractivity contribution in [2.45, 2.75) is 72.1 Å². The molecule has 0 aliphatic heterocycles. The number of nitrogens with zero attached hydrogens (tertiary/aromatic N) is 2. The fourth-order valence-corrected chi connectivity index (χ4v) is 3.24. The lowest BCUT2D eigenvalue weighted by Crippen LogP contribution is -2.41. The van der Waals surface area contributed by atoms with E-state index in [1.807, 2.05) is 13.8 Å². The highest BCUT2D eigenvalue weighted by Crippen LogP contribution is 2.36. The quantitative estimate of drug-likeness (QED) is 0.610. The minimum Gasteiger partial charge on any atom is -0.476 e. The molecule has 0 radical (unpaired) electrons. The minimum absolute atomic E-state index is 0.185. The molecule has 0 saturated heterocycles. The Morgan fingerprint density at radius 2 is 1.95 bits per heavy atom. The van der Waals surface area contributed by atoms with Crippen molar-refractivity contribution in [3.63, 3.8) is 0 Å². The van der Waals surface area contributed by atoms with Gasteiger partial charge in [-0.3, -0.25) is 4.68 Å². The van der Waals surface area contributed by atoms with E-state index in [0.717, 1.165) is 17.7 Å². The molecular weight excluding hydrogens is 296 g/mol. The van der Waals surface area contributed by atoms with Gasteiger partial charge in [0.15, 0.2) is 14.0 Å². The van der Waals surface area contributed by atoms with Crippen molar-refractivity contribution in [3.8, 4) is 0 Å². The van der Waals surface area contributed by atoms with E-state index in [9.17, 15) is 9.90 Å². The summed E-state index contributed by atoms with van der Waals surface area (Å²) in [6.07, 6.45) is 1.53. The van der Waals surface area contributed by atoms with Crippen LogP contribution in [0.3, 0.4) is 0 Å². The predicted octanol–water partition coefficient (Wildman–Crippen LogP) is 3.86. The zero-order chi connectivity index (χ0) is 17.1. The van der Waals surface area contributed by atoms with Gasteiger partial charge in [-0.05, 0) is 37.9 Å². The number of hydrogen-bond donors (Lipinski definition) is 1. The van der Waals surface area contributed by atoms with E-state index in [0.29, 0.717) is 19.6 Å². The zero-order valence-electron chi connectivity index (χ0n) is 15.0. The molecule has 0 aliphatic rings. The number of aryl methyl sites for hydroxylation is 1. The van der Waals surface area contributed by atoms with Crippen molar-refractivity contribution in [1.29, 1.82) is 0 Å². The number of carboxylic acid groups (broad SMARTS) is 1. The molecule has 0 spiro atoms. The lowest BCUT2D eigenvalue weighted by Gasteiger charge is -2.36. The molecule has 0 bridgehead atoms. The van der Waals surface area contributed by atoms with Crippen molar-refractivity contribution >= 4 is 14.3 Å². The number of carboxylic acids is 1. The highest BCUT2D eigenvalue weighted by molar-refractivity contribution is 6.74. The number of hydrogen-bond acceptors (Lipinski definition) is 3. The molecule has 1 aromatic heterocycles. The van der Waals surface area contributed by atoms with Crippen molar-refractivity contribution in [2.24, 2.45) is 0 Å². The van der Waals surface area contributed by atoms with Crippen molar-refractivity contribution < 1.29 is 14.3 Å². The molecule has 0 fully saturated rings. The first kappa shape index (κ1) is 18.9. The Bertz CT molecular complexity index is 530. The highest BCUT2D eigenvalue weighted by Gasteiger charge is 2.36. The van der Waals surface area contributed by atoms with Crippen molar-refractivity contribution in [1.82, 2.24) is 9.78 Å². The average molecular weight is 327 g/mol. The summed E-state index contributed by atoms with van der Waals surface area (Å²) in [6.45, 7) is 16.4. The van der Waals surface area contributed by atoms with Crippen molar-refractivity contribution in [3.05, 3.63) is 17.0 Å². The summed E-state index contributed by atoms with van der Waals surface area (Å²) < 4.78 is 7.95. The van der Waals surface area contributed by atoms with Crippen LogP contribution < -0.4 is 0 Å². The van der Waals surface area contributed by atoms with E-state index in [-0.39, 0.29) is 10.7 Å². The monoisotopic (exact) mass is 326 g/mol. The van der Waals surface area contributed by atoms with Crippen LogP contribution in [0.15, 0.2) is 0 Å². The topological polar surface area (TPSA) is 64.3 Å². The van der Waals surface area contributed by atoms with Crippen LogP contribution in [0, 0.1) is 6.92 Å². The number of rotatable bonds is 7. The van der Waals surface area contributed by atoms with E-state index in [1.54, 1.807) is 4.68 Å².